The van der Waals surface area contributed by atoms with Gasteiger partial charge in [-0.1, -0.05) is 38.5 Å². The van der Waals surface area contributed by atoms with Crippen LogP contribution in [-0.2, 0) is 6.42 Å². The van der Waals surface area contributed by atoms with Gasteiger partial charge in [-0.15, -0.1) is 0 Å². The van der Waals surface area contributed by atoms with Crippen LogP contribution in [-0.4, -0.2) is 0 Å². The topological polar surface area (TPSA) is 0 Å². The van der Waals surface area contributed by atoms with Crippen LogP contribution in [0.3, 0.4) is 0 Å². The lowest BCUT2D eigenvalue weighted by Crippen LogP contribution is -1.99. The van der Waals surface area contributed by atoms with Crippen molar-refractivity contribution in [1.29, 1.82) is 0 Å². The molecule has 0 saturated carbocycles. The van der Waals surface area contributed by atoms with E-state index in [0.717, 1.165) is 5.92 Å². The maximum atomic E-state index is 3.09. The summed E-state index contributed by atoms with van der Waals surface area (Å²) >= 11 is 0. The lowest BCUT2D eigenvalue weighted by Gasteiger charge is -2.10. The van der Waals surface area contributed by atoms with Crippen molar-refractivity contribution < 1.29 is 0 Å². The van der Waals surface area contributed by atoms with E-state index in [0.29, 0.717) is 0 Å². The van der Waals surface area contributed by atoms with Crippen LogP contribution in [0.1, 0.15) is 31.4 Å². The van der Waals surface area contributed by atoms with E-state index in [9.17, 15) is 0 Å². The van der Waals surface area contributed by atoms with Crippen LogP contribution in [0.4, 0.5) is 0 Å². The van der Waals surface area contributed by atoms with Gasteiger partial charge in [-0.05, 0) is 36.5 Å². The molecule has 0 aromatic heterocycles. The fourth-order valence-corrected chi connectivity index (χ4v) is 1.29. The van der Waals surface area contributed by atoms with Gasteiger partial charge in [-0.2, -0.15) is 0 Å². The van der Waals surface area contributed by atoms with E-state index in [1.54, 1.807) is 0 Å². The highest BCUT2D eigenvalue weighted by atomic mass is 14.1. The van der Waals surface area contributed by atoms with Crippen molar-refractivity contribution in [3.63, 3.8) is 0 Å². The van der Waals surface area contributed by atoms with Crippen LogP contribution in [0.15, 0.2) is 18.2 Å². The van der Waals surface area contributed by atoms with Gasteiger partial charge in [0, 0.05) is 0 Å². The van der Waals surface area contributed by atoms with Crippen LogP contribution in [0.2, 0.25) is 0 Å². The summed E-state index contributed by atoms with van der Waals surface area (Å²) in [5, 5.41) is 0. The van der Waals surface area contributed by atoms with Crippen molar-refractivity contribution in [1.82, 2.24) is 0 Å². The third kappa shape index (κ3) is 2.37. The normalized spacial score (nSPS) is 12.9. The molecular weight excluding hydrogens is 144 g/mol. The smallest absolute Gasteiger partial charge is 0.0181 e. The minimum atomic E-state index is 0.797. The first-order valence-corrected chi connectivity index (χ1v) is 4.69. The van der Waals surface area contributed by atoms with Crippen LogP contribution in [0.5, 0.6) is 0 Å². The van der Waals surface area contributed by atoms with E-state index in [1.165, 1.54) is 24.0 Å². The molecule has 1 aromatic rings. The van der Waals surface area contributed by atoms with Gasteiger partial charge in [-0.3, -0.25) is 0 Å². The standard InChI is InChI=1S/C12H17/c1-4-10(2)9-12-8-6-5-7-11(12)3/h6-8,10H,4,9H2,1-3H3. The van der Waals surface area contributed by atoms with E-state index in [-0.39, 0.29) is 0 Å². The van der Waals surface area contributed by atoms with Crippen molar-refractivity contribution >= 4 is 0 Å². The molecular formula is C12H17. The predicted octanol–water partition coefficient (Wildman–Crippen LogP) is 3.38. The molecule has 65 valence electrons. The van der Waals surface area contributed by atoms with Gasteiger partial charge in [-0.25, -0.2) is 0 Å². The second-order valence-corrected chi connectivity index (χ2v) is 3.57. The zero-order chi connectivity index (χ0) is 8.97. The molecule has 0 amide bonds. The van der Waals surface area contributed by atoms with Crippen molar-refractivity contribution in [2.75, 3.05) is 0 Å². The SMILES string of the molecule is CCC(C)Cc1cc[c]cc1C. The van der Waals surface area contributed by atoms with Crippen molar-refractivity contribution in [2.45, 2.75) is 33.6 Å². The Morgan fingerprint density at radius 2 is 2.25 bits per heavy atom. The lowest BCUT2D eigenvalue weighted by molar-refractivity contribution is 0.559. The molecule has 1 atom stereocenters. The molecule has 0 N–H and O–H groups in total. The molecule has 0 nitrogen and oxygen atoms in total. The van der Waals surface area contributed by atoms with Crippen molar-refractivity contribution in [3.8, 4) is 0 Å². The molecule has 1 rings (SSSR count). The second-order valence-electron chi connectivity index (χ2n) is 3.57. The van der Waals surface area contributed by atoms with Gasteiger partial charge in [0.05, 0.1) is 0 Å². The quantitative estimate of drug-likeness (QED) is 0.637. The molecule has 0 fully saturated rings. The number of hydrogen-bond donors (Lipinski definition) is 0. The summed E-state index contributed by atoms with van der Waals surface area (Å²) in [6.07, 6.45) is 2.47. The van der Waals surface area contributed by atoms with Crippen LogP contribution >= 0.6 is 0 Å². The van der Waals surface area contributed by atoms with Crippen LogP contribution < -0.4 is 0 Å². The Morgan fingerprint density at radius 1 is 1.50 bits per heavy atom. The van der Waals surface area contributed by atoms with Gasteiger partial charge < -0.3 is 0 Å². The summed E-state index contributed by atoms with van der Waals surface area (Å²) in [5.74, 6) is 0.797. The van der Waals surface area contributed by atoms with E-state index < -0.39 is 0 Å². The Bertz CT molecular complexity index is 238. The number of benzene rings is 1. The van der Waals surface area contributed by atoms with Gasteiger partial charge in [0.2, 0.25) is 0 Å². The van der Waals surface area contributed by atoms with Crippen molar-refractivity contribution in [2.24, 2.45) is 5.92 Å². The zero-order valence-corrected chi connectivity index (χ0v) is 8.22. The molecule has 0 saturated heterocycles. The summed E-state index contributed by atoms with van der Waals surface area (Å²) in [6, 6.07) is 9.35. The third-order valence-corrected chi connectivity index (χ3v) is 2.45. The van der Waals surface area contributed by atoms with E-state index in [4.69, 9.17) is 0 Å². The Kier molecular flexibility index (Phi) is 3.33. The zero-order valence-electron chi connectivity index (χ0n) is 8.22. The number of rotatable bonds is 3. The summed E-state index contributed by atoms with van der Waals surface area (Å²) in [7, 11) is 0. The molecule has 0 spiro atoms. The maximum absolute atomic E-state index is 3.09. The molecule has 0 aliphatic heterocycles. The predicted molar refractivity (Wildman–Crippen MR) is 53.2 cm³/mol. The average molecular weight is 161 g/mol. The lowest BCUT2D eigenvalue weighted by atomic mass is 9.96. The van der Waals surface area contributed by atoms with Gasteiger partial charge in [0.25, 0.3) is 0 Å². The average Bonchev–Trinajstić information content (AvgIpc) is 2.09. The molecule has 0 heterocycles. The third-order valence-electron chi connectivity index (χ3n) is 2.45. The minimum Gasteiger partial charge on any atom is -0.0651 e. The second kappa shape index (κ2) is 4.30. The molecule has 1 unspecified atom stereocenters. The number of aryl methyl sites for hydroxylation is 1. The summed E-state index contributed by atoms with van der Waals surface area (Å²) in [5.41, 5.74) is 2.85. The van der Waals surface area contributed by atoms with E-state index in [2.05, 4.69) is 39.0 Å². The summed E-state index contributed by atoms with van der Waals surface area (Å²) in [4.78, 5) is 0. The van der Waals surface area contributed by atoms with E-state index in [1.807, 2.05) is 6.07 Å². The molecule has 1 aromatic carbocycles. The fourth-order valence-electron chi connectivity index (χ4n) is 1.29. The highest BCUT2D eigenvalue weighted by Crippen LogP contribution is 2.14. The summed E-state index contributed by atoms with van der Waals surface area (Å²) in [6.45, 7) is 6.71. The van der Waals surface area contributed by atoms with E-state index >= 15 is 0 Å². The minimum absolute atomic E-state index is 0.797. The largest absolute Gasteiger partial charge is 0.0651 e. The Morgan fingerprint density at radius 3 is 2.83 bits per heavy atom. The van der Waals surface area contributed by atoms with Gasteiger partial charge in [0.1, 0.15) is 0 Å². The molecule has 12 heavy (non-hydrogen) atoms. The highest BCUT2D eigenvalue weighted by Gasteiger charge is 2.02. The monoisotopic (exact) mass is 161 g/mol. The van der Waals surface area contributed by atoms with Crippen LogP contribution in [0.25, 0.3) is 0 Å². The first-order valence-electron chi connectivity index (χ1n) is 4.69. The Hall–Kier alpha value is -0.780. The highest BCUT2D eigenvalue weighted by molar-refractivity contribution is 5.25. The van der Waals surface area contributed by atoms with Gasteiger partial charge >= 0.3 is 0 Å². The Labute approximate surface area is 75.6 Å². The fraction of sp³-hybridized carbons (Fsp3) is 0.500. The molecule has 0 bridgehead atoms. The summed E-state index contributed by atoms with van der Waals surface area (Å²) < 4.78 is 0. The van der Waals surface area contributed by atoms with Gasteiger partial charge in [0.15, 0.2) is 0 Å². The molecule has 1 radical (unpaired) electrons. The first-order chi connectivity index (χ1) is 5.74. The maximum Gasteiger partial charge on any atom is -0.0181 e. The van der Waals surface area contributed by atoms with Crippen LogP contribution in [0, 0.1) is 18.9 Å². The number of hydrogen-bond acceptors (Lipinski definition) is 0. The Balaban J connectivity index is 2.69. The first kappa shape index (κ1) is 9.31. The molecule has 0 heteroatoms. The molecule has 0 aliphatic rings. The molecule has 0 aliphatic carbocycles. The van der Waals surface area contributed by atoms with Crippen molar-refractivity contribution in [3.05, 3.63) is 35.4 Å².